The summed E-state index contributed by atoms with van der Waals surface area (Å²) in [6, 6.07) is 3.46. The Labute approximate surface area is 146 Å². The molecule has 0 radical (unpaired) electrons. The summed E-state index contributed by atoms with van der Waals surface area (Å²) in [6.45, 7) is 2.53. The molecule has 2 aliphatic heterocycles. The van der Waals surface area contributed by atoms with E-state index in [1.165, 1.54) is 6.07 Å². The number of alkyl halides is 2. The van der Waals surface area contributed by atoms with Gasteiger partial charge in [0.2, 0.25) is 0 Å². The maximum Gasteiger partial charge on any atom is 0.387 e. The minimum absolute atomic E-state index is 0.117. The van der Waals surface area contributed by atoms with Crippen molar-refractivity contribution in [3.8, 4) is 5.75 Å². The van der Waals surface area contributed by atoms with Crippen molar-refractivity contribution in [2.24, 2.45) is 0 Å². The van der Waals surface area contributed by atoms with E-state index in [2.05, 4.69) is 21.6 Å². The highest BCUT2D eigenvalue weighted by atomic mass is 19.3. The number of piperidine rings is 1. The molecule has 0 amide bonds. The Morgan fingerprint density at radius 3 is 2.32 bits per heavy atom. The molecule has 140 valence electrons. The van der Waals surface area contributed by atoms with E-state index < -0.39 is 18.2 Å². The molecule has 2 fully saturated rings. The molecule has 25 heavy (non-hydrogen) atoms. The molecule has 0 saturated carbocycles. The van der Waals surface area contributed by atoms with E-state index in [0.717, 1.165) is 39.0 Å². The lowest BCUT2D eigenvalue weighted by atomic mass is 10.0. The molecule has 5 nitrogen and oxygen atoms in total. The van der Waals surface area contributed by atoms with Gasteiger partial charge in [-0.1, -0.05) is 0 Å². The maximum absolute atomic E-state index is 14.6. The van der Waals surface area contributed by atoms with Crippen molar-refractivity contribution >= 4 is 11.4 Å². The lowest BCUT2D eigenvalue weighted by Crippen LogP contribution is -2.52. The number of rotatable bonds is 4. The molecule has 8 heteroatoms. The minimum atomic E-state index is -3.10. The number of nitrogens with zero attached hydrogens (tertiary/aromatic N) is 3. The molecule has 3 rings (SSSR count). The van der Waals surface area contributed by atoms with Crippen molar-refractivity contribution in [3.63, 3.8) is 0 Å². The summed E-state index contributed by atoms with van der Waals surface area (Å²) in [7, 11) is 2.13. The van der Waals surface area contributed by atoms with Gasteiger partial charge in [-0.15, -0.1) is 0 Å². The van der Waals surface area contributed by atoms with Crippen LogP contribution in [-0.2, 0) is 0 Å². The molecule has 2 N–H and O–H groups in total. The van der Waals surface area contributed by atoms with Crippen LogP contribution in [0, 0.1) is 5.82 Å². The molecule has 0 aliphatic carbocycles. The van der Waals surface area contributed by atoms with Gasteiger partial charge in [0.05, 0.1) is 11.4 Å². The molecule has 2 saturated heterocycles. The first-order chi connectivity index (χ1) is 12.0. The summed E-state index contributed by atoms with van der Waals surface area (Å²) in [6.07, 6.45) is 1.86. The van der Waals surface area contributed by atoms with E-state index in [0.29, 0.717) is 19.1 Å². The number of piperazine rings is 1. The molecule has 0 aromatic heterocycles. The van der Waals surface area contributed by atoms with Crippen LogP contribution in [-0.4, -0.2) is 68.8 Å². The van der Waals surface area contributed by atoms with Crippen LogP contribution in [0.25, 0.3) is 0 Å². The molecule has 0 bridgehead atoms. The van der Waals surface area contributed by atoms with Crippen LogP contribution in [0.15, 0.2) is 12.1 Å². The Balaban J connectivity index is 1.65. The summed E-state index contributed by atoms with van der Waals surface area (Å²) in [4.78, 5) is 6.71. The van der Waals surface area contributed by atoms with Crippen LogP contribution in [0.4, 0.5) is 24.5 Å². The molecule has 0 spiro atoms. The number of nitrogen functional groups attached to an aromatic ring is 1. The van der Waals surface area contributed by atoms with Gasteiger partial charge in [0, 0.05) is 45.3 Å². The normalized spacial score (nSPS) is 21.1. The van der Waals surface area contributed by atoms with Crippen LogP contribution in [0.2, 0.25) is 0 Å². The summed E-state index contributed by atoms with van der Waals surface area (Å²) in [5.41, 5.74) is 5.73. The quantitative estimate of drug-likeness (QED) is 0.837. The number of ether oxygens (including phenoxy) is 1. The SMILES string of the molecule is CN1CCN(C2CCN(c3ccc(N)c(OC(F)F)c3F)CC2)CC1. The third-order valence-electron chi connectivity index (χ3n) is 5.17. The van der Waals surface area contributed by atoms with E-state index in [-0.39, 0.29) is 11.4 Å². The third kappa shape index (κ3) is 4.12. The topological polar surface area (TPSA) is 45.0 Å². The first-order valence-corrected chi connectivity index (χ1v) is 8.66. The van der Waals surface area contributed by atoms with Gasteiger partial charge in [0.25, 0.3) is 0 Å². The second kappa shape index (κ2) is 7.70. The molecule has 2 heterocycles. The first-order valence-electron chi connectivity index (χ1n) is 8.66. The second-order valence-corrected chi connectivity index (χ2v) is 6.75. The van der Waals surface area contributed by atoms with Crippen LogP contribution in [0.3, 0.4) is 0 Å². The average molecular weight is 358 g/mol. The Bertz CT molecular complexity index is 586. The largest absolute Gasteiger partial charge is 0.429 e. The van der Waals surface area contributed by atoms with Gasteiger partial charge in [-0.3, -0.25) is 4.90 Å². The van der Waals surface area contributed by atoms with E-state index in [1.54, 1.807) is 6.07 Å². The van der Waals surface area contributed by atoms with Gasteiger partial charge in [0.15, 0.2) is 11.6 Å². The average Bonchev–Trinajstić information content (AvgIpc) is 2.59. The number of halogens is 3. The monoisotopic (exact) mass is 358 g/mol. The van der Waals surface area contributed by atoms with Crippen molar-refractivity contribution in [1.29, 1.82) is 0 Å². The summed E-state index contributed by atoms with van der Waals surface area (Å²) < 4.78 is 43.8. The van der Waals surface area contributed by atoms with Crippen molar-refractivity contribution < 1.29 is 17.9 Å². The number of likely N-dealkylation sites (N-methyl/N-ethyl adjacent to an activating group) is 1. The number of nitrogens with two attached hydrogens (primary N) is 1. The number of hydrogen-bond acceptors (Lipinski definition) is 5. The maximum atomic E-state index is 14.6. The fraction of sp³-hybridized carbons (Fsp3) is 0.647. The third-order valence-corrected chi connectivity index (χ3v) is 5.17. The molecular formula is C17H25F3N4O. The highest BCUT2D eigenvalue weighted by Crippen LogP contribution is 2.35. The smallest absolute Gasteiger partial charge is 0.387 e. The van der Waals surface area contributed by atoms with Gasteiger partial charge < -0.3 is 20.3 Å². The standard InChI is InChI=1S/C17H25F3N4O/c1-22-8-10-23(11-9-22)12-4-6-24(7-5-12)14-3-2-13(21)16(15(14)18)25-17(19)20/h2-3,12,17H,4-11,21H2,1H3. The molecule has 1 aromatic carbocycles. The highest BCUT2D eigenvalue weighted by molar-refractivity contribution is 5.64. The Morgan fingerprint density at radius 2 is 1.72 bits per heavy atom. The Kier molecular flexibility index (Phi) is 5.58. The highest BCUT2D eigenvalue weighted by Gasteiger charge is 2.28. The van der Waals surface area contributed by atoms with Crippen molar-refractivity contribution in [2.45, 2.75) is 25.5 Å². The van der Waals surface area contributed by atoms with Gasteiger partial charge in [-0.05, 0) is 32.0 Å². The molecule has 2 aliphatic rings. The minimum Gasteiger partial charge on any atom is -0.429 e. The number of benzene rings is 1. The van der Waals surface area contributed by atoms with Gasteiger partial charge in [0.1, 0.15) is 0 Å². The van der Waals surface area contributed by atoms with Gasteiger partial charge in [-0.2, -0.15) is 8.78 Å². The van der Waals surface area contributed by atoms with Crippen LogP contribution < -0.4 is 15.4 Å². The van der Waals surface area contributed by atoms with Crippen molar-refractivity contribution in [3.05, 3.63) is 17.9 Å². The van der Waals surface area contributed by atoms with E-state index in [4.69, 9.17) is 5.73 Å². The molecular weight excluding hydrogens is 333 g/mol. The summed E-state index contributed by atoms with van der Waals surface area (Å²) in [5.74, 6) is -1.37. The van der Waals surface area contributed by atoms with E-state index in [1.807, 2.05) is 4.90 Å². The zero-order valence-corrected chi connectivity index (χ0v) is 14.4. The van der Waals surface area contributed by atoms with Gasteiger partial charge in [-0.25, -0.2) is 4.39 Å². The lowest BCUT2D eigenvalue weighted by Gasteiger charge is -2.42. The van der Waals surface area contributed by atoms with E-state index >= 15 is 0 Å². The van der Waals surface area contributed by atoms with E-state index in [9.17, 15) is 13.2 Å². The number of hydrogen-bond donors (Lipinski definition) is 1. The van der Waals surface area contributed by atoms with Crippen LogP contribution in [0.1, 0.15) is 12.8 Å². The van der Waals surface area contributed by atoms with Gasteiger partial charge >= 0.3 is 6.61 Å². The Morgan fingerprint density at radius 1 is 1.08 bits per heavy atom. The lowest BCUT2D eigenvalue weighted by molar-refractivity contribution is -0.0515. The zero-order valence-electron chi connectivity index (χ0n) is 14.4. The second-order valence-electron chi connectivity index (χ2n) is 6.75. The summed E-state index contributed by atoms with van der Waals surface area (Å²) >= 11 is 0. The predicted molar refractivity (Wildman–Crippen MR) is 91.7 cm³/mol. The zero-order chi connectivity index (χ0) is 18.0. The van der Waals surface area contributed by atoms with Crippen molar-refractivity contribution in [2.75, 3.05) is 56.9 Å². The van der Waals surface area contributed by atoms with Crippen LogP contribution in [0.5, 0.6) is 5.75 Å². The Hall–Kier alpha value is -1.67. The van der Waals surface area contributed by atoms with Crippen LogP contribution >= 0.6 is 0 Å². The predicted octanol–water partition coefficient (Wildman–Crippen LogP) is 2.23. The first kappa shape index (κ1) is 18.1. The molecule has 1 aromatic rings. The fourth-order valence-corrected chi connectivity index (χ4v) is 3.67. The van der Waals surface area contributed by atoms with Crippen molar-refractivity contribution in [1.82, 2.24) is 9.80 Å². The number of anilines is 2. The molecule has 0 atom stereocenters. The summed E-state index contributed by atoms with van der Waals surface area (Å²) in [5, 5.41) is 0. The fourth-order valence-electron chi connectivity index (χ4n) is 3.67. The molecule has 0 unspecified atom stereocenters.